The van der Waals surface area contributed by atoms with Gasteiger partial charge in [0.1, 0.15) is 0 Å². The number of nitrogens with one attached hydrogen (secondary N) is 1. The summed E-state index contributed by atoms with van der Waals surface area (Å²) in [5.41, 5.74) is 2.47. The first-order valence-electron chi connectivity index (χ1n) is 10.3. The van der Waals surface area contributed by atoms with Crippen LogP contribution in [0.2, 0.25) is 0 Å². The minimum Gasteiger partial charge on any atom is -0.350 e. The second-order valence-electron chi connectivity index (χ2n) is 8.53. The first-order chi connectivity index (χ1) is 13.6. The van der Waals surface area contributed by atoms with Crippen molar-refractivity contribution in [2.75, 3.05) is 13.1 Å². The Hall–Kier alpha value is -2.63. The van der Waals surface area contributed by atoms with Crippen molar-refractivity contribution in [1.29, 1.82) is 0 Å². The van der Waals surface area contributed by atoms with E-state index in [4.69, 9.17) is 0 Å². The number of para-hydroxylation sites is 1. The molecule has 3 aliphatic rings. The van der Waals surface area contributed by atoms with Crippen molar-refractivity contribution in [2.24, 2.45) is 18.4 Å². The van der Waals surface area contributed by atoms with Crippen molar-refractivity contribution < 1.29 is 9.59 Å². The molecule has 5 rings (SSSR count). The van der Waals surface area contributed by atoms with Crippen molar-refractivity contribution in [3.8, 4) is 0 Å². The van der Waals surface area contributed by atoms with E-state index in [0.717, 1.165) is 42.4 Å². The minimum atomic E-state index is -0.136. The highest BCUT2D eigenvalue weighted by atomic mass is 16.2. The SMILES string of the molecule is Cn1nc(C(=O)NCC23CCC=C2N(CC2CC2)C(=O)CC3)c2ccccc21. The van der Waals surface area contributed by atoms with Crippen LogP contribution >= 0.6 is 0 Å². The molecule has 2 aromatic rings. The normalized spacial score (nSPS) is 24.4. The average Bonchev–Trinajstić information content (AvgIpc) is 3.32. The Bertz CT molecular complexity index is 988. The van der Waals surface area contributed by atoms with E-state index in [1.165, 1.54) is 12.8 Å². The van der Waals surface area contributed by atoms with Crippen LogP contribution < -0.4 is 5.32 Å². The number of hydrogen-bond acceptors (Lipinski definition) is 3. The van der Waals surface area contributed by atoms with Crippen LogP contribution in [0.25, 0.3) is 10.9 Å². The van der Waals surface area contributed by atoms with E-state index < -0.39 is 0 Å². The summed E-state index contributed by atoms with van der Waals surface area (Å²) < 4.78 is 1.75. The van der Waals surface area contributed by atoms with Crippen LogP contribution in [0.15, 0.2) is 36.0 Å². The molecule has 1 saturated heterocycles. The van der Waals surface area contributed by atoms with E-state index in [1.807, 2.05) is 36.2 Å². The second-order valence-corrected chi connectivity index (χ2v) is 8.53. The molecule has 1 unspecified atom stereocenters. The molecule has 2 amide bonds. The molecule has 1 saturated carbocycles. The molecule has 1 aliphatic heterocycles. The molecule has 6 heteroatoms. The summed E-state index contributed by atoms with van der Waals surface area (Å²) in [4.78, 5) is 27.5. The zero-order valence-electron chi connectivity index (χ0n) is 16.3. The van der Waals surface area contributed by atoms with Crippen LogP contribution in [0.1, 0.15) is 49.0 Å². The third-order valence-electron chi connectivity index (χ3n) is 6.61. The predicted octanol–water partition coefficient (Wildman–Crippen LogP) is 3.00. The largest absolute Gasteiger partial charge is 0.350 e. The van der Waals surface area contributed by atoms with Gasteiger partial charge in [-0.15, -0.1) is 0 Å². The lowest BCUT2D eigenvalue weighted by molar-refractivity contribution is -0.133. The van der Waals surface area contributed by atoms with Gasteiger partial charge in [0.2, 0.25) is 5.91 Å². The van der Waals surface area contributed by atoms with E-state index in [9.17, 15) is 9.59 Å². The highest BCUT2D eigenvalue weighted by Gasteiger charge is 2.46. The van der Waals surface area contributed by atoms with E-state index in [1.54, 1.807) is 4.68 Å². The number of nitrogens with zero attached hydrogens (tertiary/aromatic N) is 3. The van der Waals surface area contributed by atoms with Gasteiger partial charge in [-0.05, 0) is 44.1 Å². The fourth-order valence-corrected chi connectivity index (χ4v) is 4.84. The number of aromatic nitrogens is 2. The molecule has 0 radical (unpaired) electrons. The summed E-state index contributed by atoms with van der Waals surface area (Å²) in [5, 5.41) is 8.46. The van der Waals surface area contributed by atoms with Crippen LogP contribution in [0.5, 0.6) is 0 Å². The highest BCUT2D eigenvalue weighted by Crippen LogP contribution is 2.48. The Kier molecular flexibility index (Phi) is 4.03. The van der Waals surface area contributed by atoms with Crippen molar-refractivity contribution in [1.82, 2.24) is 20.0 Å². The second kappa shape index (κ2) is 6.47. The summed E-state index contributed by atoms with van der Waals surface area (Å²) >= 11 is 0. The molecule has 146 valence electrons. The van der Waals surface area contributed by atoms with Gasteiger partial charge in [-0.2, -0.15) is 5.10 Å². The number of benzene rings is 1. The van der Waals surface area contributed by atoms with Crippen LogP contribution in [0, 0.1) is 11.3 Å². The molecule has 1 N–H and O–H groups in total. The summed E-state index contributed by atoms with van der Waals surface area (Å²) in [6, 6.07) is 7.79. The van der Waals surface area contributed by atoms with Crippen molar-refractivity contribution in [3.63, 3.8) is 0 Å². The van der Waals surface area contributed by atoms with Gasteiger partial charge in [0, 0.05) is 43.1 Å². The standard InChI is InChI=1S/C22H26N4O2/c1-25-17-6-3-2-5-16(17)20(24-25)21(28)23-14-22-11-4-7-18(22)26(13-15-8-9-15)19(27)10-12-22/h2-3,5-7,15H,4,8-14H2,1H3,(H,23,28). The van der Waals surface area contributed by atoms with Gasteiger partial charge in [0.15, 0.2) is 5.69 Å². The van der Waals surface area contributed by atoms with E-state index in [-0.39, 0.29) is 17.2 Å². The van der Waals surface area contributed by atoms with Gasteiger partial charge in [0.05, 0.1) is 5.52 Å². The fraction of sp³-hybridized carbons (Fsp3) is 0.500. The van der Waals surface area contributed by atoms with Crippen molar-refractivity contribution in [2.45, 2.75) is 38.5 Å². The molecule has 6 nitrogen and oxygen atoms in total. The van der Waals surface area contributed by atoms with Crippen molar-refractivity contribution in [3.05, 3.63) is 41.7 Å². The number of fused-ring (bicyclic) bond motifs is 2. The van der Waals surface area contributed by atoms with Gasteiger partial charge in [-0.1, -0.05) is 24.3 Å². The number of rotatable bonds is 5. The van der Waals surface area contributed by atoms with Gasteiger partial charge < -0.3 is 10.2 Å². The van der Waals surface area contributed by atoms with Crippen LogP contribution in [0.3, 0.4) is 0 Å². The van der Waals surface area contributed by atoms with E-state index >= 15 is 0 Å². The number of hydrogen-bond donors (Lipinski definition) is 1. The quantitative estimate of drug-likeness (QED) is 0.870. The van der Waals surface area contributed by atoms with Gasteiger partial charge >= 0.3 is 0 Å². The third-order valence-corrected chi connectivity index (χ3v) is 6.61. The van der Waals surface area contributed by atoms with Crippen LogP contribution in [-0.2, 0) is 11.8 Å². The average molecular weight is 378 g/mol. The number of piperidine rings is 1. The summed E-state index contributed by atoms with van der Waals surface area (Å²) in [7, 11) is 1.86. The molecule has 0 bridgehead atoms. The zero-order valence-corrected chi connectivity index (χ0v) is 16.3. The minimum absolute atomic E-state index is 0.108. The number of allylic oxidation sites excluding steroid dienone is 1. The summed E-state index contributed by atoms with van der Waals surface area (Å²) in [5.74, 6) is 0.775. The molecular formula is C22H26N4O2. The molecule has 28 heavy (non-hydrogen) atoms. The van der Waals surface area contributed by atoms with Gasteiger partial charge in [-0.3, -0.25) is 14.3 Å². The lowest BCUT2D eigenvalue weighted by Gasteiger charge is -2.42. The lowest BCUT2D eigenvalue weighted by Crippen LogP contribution is -2.48. The predicted molar refractivity (Wildman–Crippen MR) is 106 cm³/mol. The van der Waals surface area contributed by atoms with Crippen LogP contribution in [0.4, 0.5) is 0 Å². The Morgan fingerprint density at radius 1 is 1.29 bits per heavy atom. The molecule has 0 spiro atoms. The Morgan fingerprint density at radius 3 is 2.93 bits per heavy atom. The summed E-state index contributed by atoms with van der Waals surface area (Å²) in [6.45, 7) is 1.42. The number of amides is 2. The molecule has 1 aromatic heterocycles. The maximum atomic E-state index is 12.9. The molecule has 1 atom stereocenters. The van der Waals surface area contributed by atoms with Crippen molar-refractivity contribution >= 4 is 22.7 Å². The Morgan fingerprint density at radius 2 is 2.11 bits per heavy atom. The van der Waals surface area contributed by atoms with E-state index in [2.05, 4.69) is 16.5 Å². The van der Waals surface area contributed by atoms with Gasteiger partial charge in [0.25, 0.3) is 5.91 Å². The number of aryl methyl sites for hydroxylation is 1. The van der Waals surface area contributed by atoms with Crippen LogP contribution in [-0.4, -0.2) is 39.6 Å². The smallest absolute Gasteiger partial charge is 0.272 e. The number of likely N-dealkylation sites (tertiary alicyclic amines) is 1. The Balaban J connectivity index is 1.36. The van der Waals surface area contributed by atoms with Gasteiger partial charge in [-0.25, -0.2) is 0 Å². The maximum Gasteiger partial charge on any atom is 0.272 e. The number of carbonyl (C=O) groups is 2. The molecular weight excluding hydrogens is 352 g/mol. The Labute approximate surface area is 164 Å². The van der Waals surface area contributed by atoms with E-state index in [0.29, 0.717) is 24.6 Å². The highest BCUT2D eigenvalue weighted by molar-refractivity contribution is 6.04. The fourth-order valence-electron chi connectivity index (χ4n) is 4.84. The summed E-state index contributed by atoms with van der Waals surface area (Å²) in [6.07, 6.45) is 8.06. The topological polar surface area (TPSA) is 67.2 Å². The zero-order chi connectivity index (χ0) is 19.3. The molecule has 2 fully saturated rings. The molecule has 2 aliphatic carbocycles. The molecule has 1 aromatic carbocycles. The molecule has 2 heterocycles. The maximum absolute atomic E-state index is 12.9. The number of carbonyl (C=O) groups excluding carboxylic acids is 2. The first-order valence-corrected chi connectivity index (χ1v) is 10.3. The first kappa shape index (κ1) is 17.5. The third kappa shape index (κ3) is 2.82. The monoisotopic (exact) mass is 378 g/mol. The lowest BCUT2D eigenvalue weighted by atomic mass is 9.76.